The summed E-state index contributed by atoms with van der Waals surface area (Å²) in [5.41, 5.74) is 3.45. The number of hydrogen-bond donors (Lipinski definition) is 2. The molecule has 1 atom stereocenters. The molecule has 208 valence electrons. The van der Waals surface area contributed by atoms with E-state index in [0.717, 1.165) is 49.1 Å². The van der Waals surface area contributed by atoms with Gasteiger partial charge in [0.15, 0.2) is 5.69 Å². The minimum atomic E-state index is -0.503. The molecule has 1 aromatic carbocycles. The van der Waals surface area contributed by atoms with E-state index >= 15 is 0 Å². The maximum Gasteiger partial charge on any atom is 0.356 e. The Bertz CT molecular complexity index is 1280. The highest BCUT2D eigenvalue weighted by molar-refractivity contribution is 6.11. The number of amides is 1. The van der Waals surface area contributed by atoms with Crippen LogP contribution in [0.2, 0.25) is 0 Å². The van der Waals surface area contributed by atoms with Gasteiger partial charge in [0.05, 0.1) is 37.2 Å². The molecule has 5 rings (SSSR count). The van der Waals surface area contributed by atoms with Crippen LogP contribution >= 0.6 is 0 Å². The van der Waals surface area contributed by atoms with E-state index in [1.807, 2.05) is 35.0 Å². The van der Waals surface area contributed by atoms with Crippen molar-refractivity contribution in [2.24, 2.45) is 5.92 Å². The summed E-state index contributed by atoms with van der Waals surface area (Å²) in [5, 5.41) is 7.44. The van der Waals surface area contributed by atoms with E-state index in [1.54, 1.807) is 0 Å². The third kappa shape index (κ3) is 6.25. The quantitative estimate of drug-likeness (QED) is 0.375. The number of aryl methyl sites for hydroxylation is 2. The van der Waals surface area contributed by atoms with E-state index in [1.165, 1.54) is 13.5 Å². The lowest BCUT2D eigenvalue weighted by Crippen LogP contribution is -2.39. The average molecular weight is 534 g/mol. The summed E-state index contributed by atoms with van der Waals surface area (Å²) < 4.78 is 12.5. The monoisotopic (exact) mass is 533 g/mol. The van der Waals surface area contributed by atoms with Crippen molar-refractivity contribution in [1.29, 1.82) is 0 Å². The number of ether oxygens (including phenoxy) is 2. The Labute approximate surface area is 229 Å². The van der Waals surface area contributed by atoms with Gasteiger partial charge < -0.3 is 29.6 Å². The maximum atomic E-state index is 13.2. The highest BCUT2D eigenvalue weighted by Gasteiger charge is 2.30. The molecule has 0 aliphatic carbocycles. The van der Waals surface area contributed by atoms with E-state index < -0.39 is 5.97 Å². The van der Waals surface area contributed by atoms with Gasteiger partial charge >= 0.3 is 5.97 Å². The molecule has 2 fully saturated rings. The van der Waals surface area contributed by atoms with E-state index in [4.69, 9.17) is 14.5 Å². The normalized spacial score (nSPS) is 18.4. The smallest absolute Gasteiger partial charge is 0.356 e. The van der Waals surface area contributed by atoms with Gasteiger partial charge in [-0.2, -0.15) is 0 Å². The predicted molar refractivity (Wildman–Crippen MR) is 152 cm³/mol. The number of benzene rings is 1. The molecule has 3 aromatic rings. The lowest BCUT2D eigenvalue weighted by Gasteiger charge is -2.32. The number of rotatable bonds is 10. The van der Waals surface area contributed by atoms with E-state index in [0.29, 0.717) is 55.7 Å². The van der Waals surface area contributed by atoms with Crippen LogP contribution in [0.1, 0.15) is 48.7 Å². The number of carbonyl (C=O) groups is 2. The second kappa shape index (κ2) is 12.6. The van der Waals surface area contributed by atoms with Gasteiger partial charge in [-0.15, -0.1) is 0 Å². The van der Waals surface area contributed by atoms with Gasteiger partial charge in [0.2, 0.25) is 5.91 Å². The summed E-state index contributed by atoms with van der Waals surface area (Å²) in [5.74, 6) is -0.904. The number of anilines is 2. The largest absolute Gasteiger partial charge is 0.464 e. The summed E-state index contributed by atoms with van der Waals surface area (Å²) in [4.78, 5) is 33.7. The van der Waals surface area contributed by atoms with Gasteiger partial charge in [0.25, 0.3) is 0 Å². The van der Waals surface area contributed by atoms with Gasteiger partial charge in [0.1, 0.15) is 5.65 Å². The third-order valence-electron chi connectivity index (χ3n) is 7.79. The summed E-state index contributed by atoms with van der Waals surface area (Å²) in [6, 6.07) is 12.5. The Kier molecular flexibility index (Phi) is 8.78. The van der Waals surface area contributed by atoms with Crippen LogP contribution in [0.4, 0.5) is 11.4 Å². The lowest BCUT2D eigenvalue weighted by molar-refractivity contribution is -0.119. The van der Waals surface area contributed by atoms with Crippen molar-refractivity contribution in [1.82, 2.24) is 14.5 Å². The van der Waals surface area contributed by atoms with Crippen molar-refractivity contribution in [3.63, 3.8) is 0 Å². The van der Waals surface area contributed by atoms with Crippen molar-refractivity contribution in [3.8, 4) is 0 Å². The van der Waals surface area contributed by atoms with Gasteiger partial charge in [-0.05, 0) is 50.3 Å². The van der Waals surface area contributed by atoms with Crippen LogP contribution in [0.25, 0.3) is 11.0 Å². The van der Waals surface area contributed by atoms with Crippen molar-refractivity contribution in [2.75, 3.05) is 50.6 Å². The first kappa shape index (κ1) is 27.1. The van der Waals surface area contributed by atoms with Crippen molar-refractivity contribution in [2.45, 2.75) is 51.6 Å². The maximum absolute atomic E-state index is 13.2. The number of piperidine rings is 1. The molecule has 9 nitrogen and oxygen atoms in total. The molecule has 2 aromatic heterocycles. The molecule has 1 unspecified atom stereocenters. The first-order chi connectivity index (χ1) is 19.1. The number of esters is 1. The molecular formula is C30H39N5O4. The molecule has 0 bridgehead atoms. The number of nitrogens with zero attached hydrogens (tertiary/aromatic N) is 3. The molecule has 2 N–H and O–H groups in total. The number of hydrogen-bond acceptors (Lipinski definition) is 7. The van der Waals surface area contributed by atoms with Crippen LogP contribution in [0.15, 0.2) is 42.6 Å². The fourth-order valence-electron chi connectivity index (χ4n) is 5.66. The molecule has 9 heteroatoms. The molecule has 2 saturated heterocycles. The Morgan fingerprint density at radius 1 is 1.13 bits per heavy atom. The van der Waals surface area contributed by atoms with Crippen molar-refractivity contribution < 1.29 is 19.1 Å². The van der Waals surface area contributed by atoms with Gasteiger partial charge in [-0.25, -0.2) is 9.78 Å². The Morgan fingerprint density at radius 3 is 2.62 bits per heavy atom. The molecule has 39 heavy (non-hydrogen) atoms. The second-order valence-corrected chi connectivity index (χ2v) is 10.5. The van der Waals surface area contributed by atoms with Crippen LogP contribution in [0.5, 0.6) is 0 Å². The number of methoxy groups -OCH3 is 1. The summed E-state index contributed by atoms with van der Waals surface area (Å²) in [6.07, 6.45) is 6.50. The molecule has 0 radical (unpaired) electrons. The van der Waals surface area contributed by atoms with E-state index in [9.17, 15) is 9.59 Å². The fourth-order valence-corrected chi connectivity index (χ4v) is 5.66. The van der Waals surface area contributed by atoms with Crippen LogP contribution < -0.4 is 10.6 Å². The number of nitrogens with one attached hydrogen (secondary N) is 2. The topological polar surface area (TPSA) is 97.7 Å². The SMILES string of the molecule is CCCN1CCC(Nc2cnc3c(c2)c(NC(=O)C2CCOC2)c(C(=O)OC)n3CCc2ccccc2)CC1. The summed E-state index contributed by atoms with van der Waals surface area (Å²) >= 11 is 0. The minimum Gasteiger partial charge on any atom is -0.464 e. The highest BCUT2D eigenvalue weighted by Crippen LogP contribution is 2.34. The van der Waals surface area contributed by atoms with Crippen LogP contribution in [-0.2, 0) is 27.2 Å². The molecule has 4 heterocycles. The first-order valence-electron chi connectivity index (χ1n) is 14.1. The Morgan fingerprint density at radius 2 is 1.92 bits per heavy atom. The Balaban J connectivity index is 1.48. The zero-order valence-corrected chi connectivity index (χ0v) is 22.9. The van der Waals surface area contributed by atoms with Gasteiger partial charge in [-0.1, -0.05) is 37.3 Å². The van der Waals surface area contributed by atoms with Crippen LogP contribution in [-0.4, -0.2) is 72.3 Å². The molecule has 2 aliphatic rings. The molecule has 2 aliphatic heterocycles. The number of fused-ring (bicyclic) bond motifs is 1. The fraction of sp³-hybridized carbons (Fsp3) is 0.500. The highest BCUT2D eigenvalue weighted by atomic mass is 16.5. The molecule has 0 saturated carbocycles. The zero-order chi connectivity index (χ0) is 27.2. The van der Waals surface area contributed by atoms with Crippen LogP contribution in [0, 0.1) is 5.92 Å². The number of likely N-dealkylation sites (tertiary alicyclic amines) is 1. The average Bonchev–Trinajstić information content (AvgIpc) is 3.60. The molecular weight excluding hydrogens is 494 g/mol. The third-order valence-corrected chi connectivity index (χ3v) is 7.79. The van der Waals surface area contributed by atoms with Crippen molar-refractivity contribution >= 4 is 34.3 Å². The Hall–Kier alpha value is -3.43. The number of pyridine rings is 1. The minimum absolute atomic E-state index is 0.151. The van der Waals surface area contributed by atoms with Gasteiger partial charge in [0, 0.05) is 37.7 Å². The predicted octanol–water partition coefficient (Wildman–Crippen LogP) is 4.33. The van der Waals surface area contributed by atoms with Gasteiger partial charge in [-0.3, -0.25) is 4.79 Å². The van der Waals surface area contributed by atoms with Crippen molar-refractivity contribution in [3.05, 3.63) is 53.9 Å². The summed E-state index contributed by atoms with van der Waals surface area (Å²) in [7, 11) is 1.36. The van der Waals surface area contributed by atoms with E-state index in [-0.39, 0.29) is 11.8 Å². The van der Waals surface area contributed by atoms with Crippen LogP contribution in [0.3, 0.4) is 0 Å². The second-order valence-electron chi connectivity index (χ2n) is 10.5. The first-order valence-corrected chi connectivity index (χ1v) is 14.1. The lowest BCUT2D eigenvalue weighted by atomic mass is 10.0. The van der Waals surface area contributed by atoms with E-state index in [2.05, 4.69) is 34.6 Å². The number of aromatic nitrogens is 2. The summed E-state index contributed by atoms with van der Waals surface area (Å²) in [6.45, 7) is 6.98. The molecule has 1 amide bonds. The number of carbonyl (C=O) groups excluding carboxylic acids is 2. The standard InChI is InChI=1S/C30H39N5O4/c1-3-13-34-14-10-23(11-15-34)32-24-18-25-26(33-29(36)22-12-17-39-20-22)27(30(37)38-2)35(28(25)31-19-24)16-9-21-7-5-4-6-8-21/h4-8,18-19,22-23,32H,3,9-17,20H2,1-2H3,(H,33,36). The zero-order valence-electron chi connectivity index (χ0n) is 22.9. The molecule has 0 spiro atoms.